The number of rotatable bonds is 3. The molecule has 2 unspecified atom stereocenters. The quantitative estimate of drug-likeness (QED) is 0.905. The largest absolute Gasteiger partial charge is 0.368 e. The first kappa shape index (κ1) is 14.3. The van der Waals surface area contributed by atoms with E-state index < -0.39 is 0 Å². The van der Waals surface area contributed by atoms with Gasteiger partial charge in [-0.25, -0.2) is 0 Å². The molecule has 1 fully saturated rings. The molecule has 1 aromatic rings. The Labute approximate surface area is 117 Å². The van der Waals surface area contributed by atoms with Crippen LogP contribution in [-0.4, -0.2) is 23.1 Å². The van der Waals surface area contributed by atoms with Crippen LogP contribution in [0.5, 0.6) is 0 Å². The zero-order chi connectivity index (χ0) is 14.0. The van der Waals surface area contributed by atoms with Crippen molar-refractivity contribution in [1.82, 2.24) is 10.3 Å². The highest BCUT2D eigenvalue weighted by atomic mass is 15.2. The molecule has 106 valence electrons. The Morgan fingerprint density at radius 3 is 2.68 bits per heavy atom. The molecular formula is C16H27N3. The third kappa shape index (κ3) is 3.93. The number of nitrogens with zero attached hydrogens (tertiary/aromatic N) is 2. The summed E-state index contributed by atoms with van der Waals surface area (Å²) in [5.74, 6) is 0.791. The first-order valence-corrected chi connectivity index (χ1v) is 7.32. The van der Waals surface area contributed by atoms with Crippen molar-refractivity contribution in [2.24, 2.45) is 5.92 Å². The van der Waals surface area contributed by atoms with Gasteiger partial charge in [0.2, 0.25) is 0 Å². The van der Waals surface area contributed by atoms with Crippen molar-refractivity contribution in [2.75, 3.05) is 11.4 Å². The van der Waals surface area contributed by atoms with E-state index in [0.29, 0.717) is 6.04 Å². The first-order chi connectivity index (χ1) is 8.85. The van der Waals surface area contributed by atoms with Gasteiger partial charge in [0, 0.05) is 36.6 Å². The molecule has 2 atom stereocenters. The van der Waals surface area contributed by atoms with Gasteiger partial charge in [-0.05, 0) is 52.2 Å². The van der Waals surface area contributed by atoms with E-state index in [1.807, 2.05) is 6.20 Å². The summed E-state index contributed by atoms with van der Waals surface area (Å²) in [5.41, 5.74) is 2.57. The van der Waals surface area contributed by atoms with Crippen molar-refractivity contribution < 1.29 is 0 Å². The predicted octanol–water partition coefficient (Wildman–Crippen LogP) is 3.20. The topological polar surface area (TPSA) is 28.2 Å². The van der Waals surface area contributed by atoms with Crippen LogP contribution in [0.1, 0.15) is 46.7 Å². The Bertz CT molecular complexity index is 422. The fraction of sp³-hybridized carbons (Fsp3) is 0.688. The van der Waals surface area contributed by atoms with Gasteiger partial charge >= 0.3 is 0 Å². The lowest BCUT2D eigenvalue weighted by Gasteiger charge is -2.25. The Morgan fingerprint density at radius 2 is 2.11 bits per heavy atom. The zero-order valence-electron chi connectivity index (χ0n) is 12.9. The van der Waals surface area contributed by atoms with E-state index in [9.17, 15) is 0 Å². The molecule has 0 amide bonds. The van der Waals surface area contributed by atoms with Crippen molar-refractivity contribution in [3.05, 3.63) is 24.0 Å². The number of anilines is 1. The summed E-state index contributed by atoms with van der Waals surface area (Å²) in [4.78, 5) is 6.98. The second kappa shape index (κ2) is 5.49. The van der Waals surface area contributed by atoms with E-state index in [1.54, 1.807) is 0 Å². The molecule has 1 N–H and O–H groups in total. The molecule has 0 saturated carbocycles. The SMILES string of the molecule is CC1CC(C)N(c2ccnc(CNC(C)(C)C)c2)C1. The van der Waals surface area contributed by atoms with Crippen LogP contribution in [-0.2, 0) is 6.54 Å². The minimum atomic E-state index is 0.132. The minimum absolute atomic E-state index is 0.132. The van der Waals surface area contributed by atoms with E-state index >= 15 is 0 Å². The molecule has 0 bridgehead atoms. The Balaban J connectivity index is 2.07. The van der Waals surface area contributed by atoms with Gasteiger partial charge in [0.1, 0.15) is 0 Å². The molecule has 1 aliphatic rings. The lowest BCUT2D eigenvalue weighted by molar-refractivity contribution is 0.421. The maximum Gasteiger partial charge on any atom is 0.0562 e. The van der Waals surface area contributed by atoms with Crippen molar-refractivity contribution in [1.29, 1.82) is 0 Å². The van der Waals surface area contributed by atoms with Gasteiger partial charge < -0.3 is 10.2 Å². The van der Waals surface area contributed by atoms with Crippen LogP contribution in [0.3, 0.4) is 0 Å². The monoisotopic (exact) mass is 261 g/mol. The van der Waals surface area contributed by atoms with Crippen LogP contribution >= 0.6 is 0 Å². The maximum absolute atomic E-state index is 4.47. The molecule has 2 rings (SSSR count). The van der Waals surface area contributed by atoms with Crippen molar-refractivity contribution in [2.45, 2.75) is 59.2 Å². The summed E-state index contributed by atoms with van der Waals surface area (Å²) in [5, 5.41) is 3.49. The number of hydrogen-bond donors (Lipinski definition) is 1. The van der Waals surface area contributed by atoms with Crippen LogP contribution in [0.15, 0.2) is 18.3 Å². The fourth-order valence-corrected chi connectivity index (χ4v) is 2.76. The van der Waals surface area contributed by atoms with Crippen molar-refractivity contribution in [3.8, 4) is 0 Å². The molecule has 0 radical (unpaired) electrons. The molecule has 0 aromatic carbocycles. The Morgan fingerprint density at radius 1 is 1.37 bits per heavy atom. The molecule has 2 heterocycles. The van der Waals surface area contributed by atoms with Crippen LogP contribution in [0, 0.1) is 5.92 Å². The average Bonchev–Trinajstić information content (AvgIpc) is 2.65. The van der Waals surface area contributed by atoms with Gasteiger partial charge in [0.25, 0.3) is 0 Å². The lowest BCUT2D eigenvalue weighted by Crippen LogP contribution is -2.35. The van der Waals surface area contributed by atoms with Gasteiger partial charge in [0.15, 0.2) is 0 Å². The third-order valence-corrected chi connectivity index (χ3v) is 3.72. The predicted molar refractivity (Wildman–Crippen MR) is 81.4 cm³/mol. The normalized spacial score (nSPS) is 23.9. The van der Waals surface area contributed by atoms with Gasteiger partial charge in [-0.1, -0.05) is 6.92 Å². The molecule has 0 aliphatic carbocycles. The minimum Gasteiger partial charge on any atom is -0.368 e. The van der Waals surface area contributed by atoms with Gasteiger partial charge in [-0.2, -0.15) is 0 Å². The standard InChI is InChI=1S/C16H27N3/c1-12-8-13(2)19(11-12)15-6-7-17-14(9-15)10-18-16(3,4)5/h6-7,9,12-13,18H,8,10-11H2,1-5H3. The van der Waals surface area contributed by atoms with Crippen LogP contribution < -0.4 is 10.2 Å². The van der Waals surface area contributed by atoms with E-state index in [0.717, 1.165) is 24.7 Å². The molecule has 19 heavy (non-hydrogen) atoms. The maximum atomic E-state index is 4.47. The van der Waals surface area contributed by atoms with Gasteiger partial charge in [-0.15, -0.1) is 0 Å². The van der Waals surface area contributed by atoms with E-state index in [2.05, 4.69) is 62.0 Å². The summed E-state index contributed by atoms with van der Waals surface area (Å²) in [6.07, 6.45) is 3.22. The summed E-state index contributed by atoms with van der Waals surface area (Å²) >= 11 is 0. The average molecular weight is 261 g/mol. The van der Waals surface area contributed by atoms with Crippen molar-refractivity contribution in [3.63, 3.8) is 0 Å². The van der Waals surface area contributed by atoms with Crippen LogP contribution in [0.4, 0.5) is 5.69 Å². The Hall–Kier alpha value is -1.09. The summed E-state index contributed by atoms with van der Waals surface area (Å²) < 4.78 is 0. The molecule has 1 saturated heterocycles. The molecule has 0 spiro atoms. The smallest absolute Gasteiger partial charge is 0.0562 e. The second-order valence-electron chi connectivity index (χ2n) is 6.95. The highest BCUT2D eigenvalue weighted by molar-refractivity contribution is 5.48. The van der Waals surface area contributed by atoms with Gasteiger partial charge in [0.05, 0.1) is 5.69 Å². The number of hydrogen-bond acceptors (Lipinski definition) is 3. The number of nitrogens with one attached hydrogen (secondary N) is 1. The first-order valence-electron chi connectivity index (χ1n) is 7.32. The molecule has 3 heteroatoms. The summed E-state index contributed by atoms with van der Waals surface area (Å²) in [6, 6.07) is 5.00. The van der Waals surface area contributed by atoms with Crippen LogP contribution in [0.2, 0.25) is 0 Å². The molecular weight excluding hydrogens is 234 g/mol. The van der Waals surface area contributed by atoms with E-state index in [1.165, 1.54) is 12.1 Å². The molecule has 3 nitrogen and oxygen atoms in total. The second-order valence-corrected chi connectivity index (χ2v) is 6.95. The summed E-state index contributed by atoms with van der Waals surface area (Å²) in [6.45, 7) is 13.2. The highest BCUT2D eigenvalue weighted by Crippen LogP contribution is 2.28. The fourth-order valence-electron chi connectivity index (χ4n) is 2.76. The van der Waals surface area contributed by atoms with E-state index in [4.69, 9.17) is 0 Å². The van der Waals surface area contributed by atoms with Gasteiger partial charge in [-0.3, -0.25) is 4.98 Å². The highest BCUT2D eigenvalue weighted by Gasteiger charge is 2.26. The van der Waals surface area contributed by atoms with E-state index in [-0.39, 0.29) is 5.54 Å². The number of pyridine rings is 1. The van der Waals surface area contributed by atoms with Crippen LogP contribution in [0.25, 0.3) is 0 Å². The summed E-state index contributed by atoms with van der Waals surface area (Å²) in [7, 11) is 0. The van der Waals surface area contributed by atoms with Crippen molar-refractivity contribution >= 4 is 5.69 Å². The molecule has 1 aromatic heterocycles. The third-order valence-electron chi connectivity index (χ3n) is 3.72. The lowest BCUT2D eigenvalue weighted by atomic mass is 10.1. The Kier molecular flexibility index (Phi) is 4.14. The number of aromatic nitrogens is 1. The zero-order valence-corrected chi connectivity index (χ0v) is 12.9. The molecule has 1 aliphatic heterocycles.